The maximum absolute atomic E-state index is 13.9. The van der Waals surface area contributed by atoms with Crippen LogP contribution in [0.4, 0.5) is 9.93 Å². The number of halogens is 1. The van der Waals surface area contributed by atoms with Crippen molar-refractivity contribution in [1.29, 1.82) is 0 Å². The van der Waals surface area contributed by atoms with Crippen molar-refractivity contribution in [2.75, 3.05) is 25.2 Å². The number of aromatic nitrogens is 3. The first kappa shape index (κ1) is 46.0. The number of benzene rings is 3. The molecule has 4 heterocycles. The van der Waals surface area contributed by atoms with Gasteiger partial charge >= 0.3 is 12.1 Å². The lowest BCUT2D eigenvalue weighted by Gasteiger charge is -2.48. The molecule has 2 aromatic heterocycles. The van der Waals surface area contributed by atoms with Crippen LogP contribution in [0.15, 0.2) is 137 Å². The fourth-order valence-corrected chi connectivity index (χ4v) is 9.33. The van der Waals surface area contributed by atoms with Gasteiger partial charge < -0.3 is 24.9 Å². The fourth-order valence-electron chi connectivity index (χ4n) is 6.61. The number of pyridine rings is 1. The molecule has 19 heteroatoms. The van der Waals surface area contributed by atoms with E-state index >= 15 is 0 Å². The normalized spacial score (nSPS) is 16.6. The SMILES string of the molecule is CO/N=C(\C(=O)NC1C(=O)N2C(C(=O)OC(Sc3ccncc3)N(C)C(=O)OC(C)(C)C)=CCS[C@@H]12)c1nsc(NC(c2ccccc2)(c2ccccc2)c2ccccc2)n1.I. The molecule has 1 fully saturated rings. The lowest BCUT2D eigenvalue weighted by molar-refractivity contribution is -0.155. The van der Waals surface area contributed by atoms with E-state index in [1.807, 2.05) is 91.0 Å². The van der Waals surface area contributed by atoms with Crippen molar-refractivity contribution in [3.63, 3.8) is 0 Å². The standard InChI is InChI=1S/C43H42N8O7S3.HI/c1-42(2,3)58-40(55)50(4)41(60-30-21-24-44-25-22-30)57-38(54)31-23-26-59-37-33(36(53)51(31)37)45-35(52)32(48-56-5)34-46-39(61-49-34)47-43(27-15-9-6-10-16-27,28-17-11-7-12-18-28)29-19-13-8-14-20-29;/h6-25,33,37,41H,26H2,1-5H3,(H,45,52)(H,46,47,49);1H/b48-32-;/t33?,37-,41?;/m0./s1. The molecule has 1 saturated heterocycles. The molecule has 0 aliphatic carbocycles. The molecule has 0 radical (unpaired) electrons. The molecule has 15 nitrogen and oxygen atoms in total. The van der Waals surface area contributed by atoms with E-state index < -0.39 is 52.0 Å². The van der Waals surface area contributed by atoms with Crippen molar-refractivity contribution < 1.29 is 33.5 Å². The van der Waals surface area contributed by atoms with E-state index in [2.05, 4.69) is 25.1 Å². The highest BCUT2D eigenvalue weighted by atomic mass is 127. The molecule has 62 heavy (non-hydrogen) atoms. The van der Waals surface area contributed by atoms with E-state index in [1.54, 1.807) is 51.4 Å². The van der Waals surface area contributed by atoms with Crippen LogP contribution in [0.5, 0.6) is 0 Å². The Labute approximate surface area is 388 Å². The number of carbonyl (C=O) groups is 4. The van der Waals surface area contributed by atoms with E-state index in [0.29, 0.717) is 15.8 Å². The summed E-state index contributed by atoms with van der Waals surface area (Å²) in [5.41, 5.74) is -0.303. The Morgan fingerprint density at radius 3 is 2.05 bits per heavy atom. The van der Waals surface area contributed by atoms with Crippen molar-refractivity contribution in [1.82, 2.24) is 29.5 Å². The highest BCUT2D eigenvalue weighted by Crippen LogP contribution is 2.41. The van der Waals surface area contributed by atoms with Crippen molar-refractivity contribution in [3.05, 3.63) is 150 Å². The van der Waals surface area contributed by atoms with Gasteiger partial charge in [-0.15, -0.1) is 35.7 Å². The summed E-state index contributed by atoms with van der Waals surface area (Å²) in [4.78, 5) is 71.4. The summed E-state index contributed by atoms with van der Waals surface area (Å²) in [7, 11) is 2.75. The van der Waals surface area contributed by atoms with Gasteiger partial charge in [-0.3, -0.25) is 24.4 Å². The molecule has 0 spiro atoms. The number of thioether (sulfide) groups is 2. The molecule has 3 amide bonds. The number of hydrogen-bond donors (Lipinski definition) is 2. The molecular weight excluding hydrogens is 964 g/mol. The highest BCUT2D eigenvalue weighted by Gasteiger charge is 2.54. The van der Waals surface area contributed by atoms with Crippen LogP contribution >= 0.6 is 59.0 Å². The number of anilines is 1. The average Bonchev–Trinajstić information content (AvgIpc) is 3.74. The molecule has 2 N–H and O–H groups in total. The second-order valence-corrected chi connectivity index (χ2v) is 17.6. The summed E-state index contributed by atoms with van der Waals surface area (Å²) in [6.45, 7) is 5.19. The fraction of sp³-hybridized carbons (Fsp3) is 0.256. The number of ether oxygens (including phenoxy) is 2. The number of β-lactam (4-membered cyclic amide) rings is 1. The minimum absolute atomic E-state index is 0. The minimum Gasteiger partial charge on any atom is -0.444 e. The zero-order valence-electron chi connectivity index (χ0n) is 34.2. The second-order valence-electron chi connectivity index (χ2n) is 14.6. The Hall–Kier alpha value is -5.51. The van der Waals surface area contributed by atoms with Crippen LogP contribution in [0.3, 0.4) is 0 Å². The molecular formula is C43H43IN8O7S3. The highest BCUT2D eigenvalue weighted by molar-refractivity contribution is 14.0. The Morgan fingerprint density at radius 2 is 1.50 bits per heavy atom. The zero-order chi connectivity index (χ0) is 43.1. The van der Waals surface area contributed by atoms with Gasteiger partial charge in [-0.1, -0.05) is 108 Å². The minimum atomic E-state index is -1.17. The number of fused-ring (bicyclic) bond motifs is 1. The van der Waals surface area contributed by atoms with Crippen LogP contribution in [-0.2, 0) is 34.2 Å². The Balaban J connectivity index is 0.00000641. The second kappa shape index (κ2) is 20.1. The summed E-state index contributed by atoms with van der Waals surface area (Å²) in [6, 6.07) is 32.3. The molecule has 5 aromatic rings. The first-order valence-electron chi connectivity index (χ1n) is 19.0. The molecule has 2 unspecified atom stereocenters. The lowest BCUT2D eigenvalue weighted by Crippen LogP contribution is -2.70. The predicted octanol–water partition coefficient (Wildman–Crippen LogP) is 7.08. The van der Waals surface area contributed by atoms with Gasteiger partial charge in [0.2, 0.25) is 22.2 Å². The smallest absolute Gasteiger partial charge is 0.413 e. The number of nitrogens with one attached hydrogen (secondary N) is 2. The van der Waals surface area contributed by atoms with Gasteiger partial charge in [-0.2, -0.15) is 9.36 Å². The Kier molecular flexibility index (Phi) is 14.9. The van der Waals surface area contributed by atoms with Gasteiger partial charge in [0.05, 0.1) is 0 Å². The van der Waals surface area contributed by atoms with E-state index in [-0.39, 0.29) is 41.2 Å². The molecule has 3 atom stereocenters. The Morgan fingerprint density at radius 1 is 0.919 bits per heavy atom. The number of nitrogens with zero attached hydrogens (tertiary/aromatic N) is 6. The van der Waals surface area contributed by atoms with Gasteiger partial charge in [0.1, 0.15) is 35.4 Å². The molecule has 0 saturated carbocycles. The van der Waals surface area contributed by atoms with Crippen LogP contribution in [0.1, 0.15) is 43.3 Å². The average molecular weight is 1010 g/mol. The predicted molar refractivity (Wildman–Crippen MR) is 249 cm³/mol. The number of hydrogen-bond acceptors (Lipinski definition) is 15. The van der Waals surface area contributed by atoms with Crippen LogP contribution < -0.4 is 10.6 Å². The molecule has 0 bridgehead atoms. The van der Waals surface area contributed by atoms with Gasteiger partial charge in [0, 0.05) is 41.6 Å². The maximum atomic E-state index is 13.9. The van der Waals surface area contributed by atoms with Gasteiger partial charge in [-0.05, 0) is 55.7 Å². The van der Waals surface area contributed by atoms with Crippen LogP contribution in [0.2, 0.25) is 0 Å². The summed E-state index contributed by atoms with van der Waals surface area (Å²) in [6.07, 6.45) is 4.01. The summed E-state index contributed by atoms with van der Waals surface area (Å²) < 4.78 is 15.9. The third-order valence-electron chi connectivity index (χ3n) is 9.38. The first-order valence-corrected chi connectivity index (χ1v) is 21.7. The van der Waals surface area contributed by atoms with Crippen LogP contribution in [-0.4, -0.2) is 96.2 Å². The van der Waals surface area contributed by atoms with Crippen molar-refractivity contribution in [3.8, 4) is 0 Å². The van der Waals surface area contributed by atoms with E-state index in [9.17, 15) is 19.2 Å². The van der Waals surface area contributed by atoms with Crippen molar-refractivity contribution >= 4 is 93.8 Å². The molecule has 7 rings (SSSR count). The largest absolute Gasteiger partial charge is 0.444 e. The van der Waals surface area contributed by atoms with Crippen molar-refractivity contribution in [2.24, 2.45) is 5.16 Å². The van der Waals surface area contributed by atoms with E-state index in [1.165, 1.54) is 35.7 Å². The van der Waals surface area contributed by atoms with Gasteiger partial charge in [0.15, 0.2) is 0 Å². The van der Waals surface area contributed by atoms with Gasteiger partial charge in [-0.25, -0.2) is 9.59 Å². The van der Waals surface area contributed by atoms with Crippen LogP contribution in [0.25, 0.3) is 0 Å². The first-order chi connectivity index (χ1) is 29.4. The number of rotatable bonds is 14. The third-order valence-corrected chi connectivity index (χ3v) is 12.4. The number of carbonyl (C=O) groups excluding carboxylic acids is 4. The van der Waals surface area contributed by atoms with E-state index in [0.717, 1.165) is 40.0 Å². The lowest BCUT2D eigenvalue weighted by atomic mass is 9.77. The molecule has 322 valence electrons. The maximum Gasteiger partial charge on any atom is 0.413 e. The summed E-state index contributed by atoms with van der Waals surface area (Å²) in [5.74, 6) is -1.82. The molecule has 2 aliphatic rings. The topological polar surface area (TPSA) is 178 Å². The third kappa shape index (κ3) is 10.1. The summed E-state index contributed by atoms with van der Waals surface area (Å²) >= 11 is 3.48. The van der Waals surface area contributed by atoms with E-state index in [4.69, 9.17) is 19.3 Å². The number of oxime groups is 1. The monoisotopic (exact) mass is 1010 g/mol. The Bertz CT molecular complexity index is 2330. The van der Waals surface area contributed by atoms with Gasteiger partial charge in [0.25, 0.3) is 11.8 Å². The van der Waals surface area contributed by atoms with Crippen LogP contribution in [0, 0.1) is 0 Å². The quantitative estimate of drug-likeness (QED) is 0.0169. The number of amides is 3. The molecule has 2 aliphatic heterocycles. The number of esters is 1. The zero-order valence-corrected chi connectivity index (χ0v) is 38.9. The summed E-state index contributed by atoms with van der Waals surface area (Å²) in [5, 5.41) is 10.1. The molecule has 3 aromatic carbocycles. The van der Waals surface area contributed by atoms with Crippen molar-refractivity contribution in [2.45, 2.75) is 53.8 Å².